The summed E-state index contributed by atoms with van der Waals surface area (Å²) in [5.74, 6) is 1.38. The number of likely N-dealkylation sites (N-methyl/N-ethyl adjacent to an activating group) is 1. The minimum absolute atomic E-state index is 0.504. The molecule has 0 aromatic heterocycles. The first kappa shape index (κ1) is 18.2. The van der Waals surface area contributed by atoms with Crippen molar-refractivity contribution in [3.8, 4) is 0 Å². The van der Waals surface area contributed by atoms with Gasteiger partial charge in [0.2, 0.25) is 0 Å². The van der Waals surface area contributed by atoms with Gasteiger partial charge >= 0.3 is 0 Å². The summed E-state index contributed by atoms with van der Waals surface area (Å²) in [5, 5.41) is 0. The molecule has 114 valence electrons. The molecule has 0 radical (unpaired) electrons. The summed E-state index contributed by atoms with van der Waals surface area (Å²) in [6.45, 7) is 18.0. The van der Waals surface area contributed by atoms with Crippen LogP contribution in [-0.4, -0.2) is 54.5 Å². The Morgan fingerprint density at radius 1 is 1.00 bits per heavy atom. The average molecular weight is 270 g/mol. The van der Waals surface area contributed by atoms with Crippen LogP contribution >= 0.6 is 0 Å². The van der Waals surface area contributed by atoms with Gasteiger partial charge in [0.05, 0.1) is 6.54 Å². The molecule has 0 bridgehead atoms. The van der Waals surface area contributed by atoms with Crippen molar-refractivity contribution < 1.29 is 0 Å². The summed E-state index contributed by atoms with van der Waals surface area (Å²) in [6.07, 6.45) is 1.18. The first-order valence-corrected chi connectivity index (χ1v) is 7.78. The Kier molecular flexibility index (Phi) is 9.66. The molecular formula is C15H34N4. The Labute approximate surface area is 120 Å². The normalized spacial score (nSPS) is 14.2. The lowest BCUT2D eigenvalue weighted by Crippen LogP contribution is -2.41. The summed E-state index contributed by atoms with van der Waals surface area (Å²) >= 11 is 0. The Hall–Kier alpha value is -0.770. The molecule has 1 atom stereocenters. The van der Waals surface area contributed by atoms with E-state index in [4.69, 9.17) is 5.73 Å². The quantitative estimate of drug-likeness (QED) is 0.517. The van der Waals surface area contributed by atoms with Crippen LogP contribution in [0.25, 0.3) is 0 Å². The van der Waals surface area contributed by atoms with Crippen molar-refractivity contribution in [1.29, 1.82) is 0 Å². The van der Waals surface area contributed by atoms with E-state index < -0.39 is 0 Å². The molecule has 1 unspecified atom stereocenters. The van der Waals surface area contributed by atoms with Gasteiger partial charge in [0.1, 0.15) is 0 Å². The first-order valence-electron chi connectivity index (χ1n) is 7.78. The summed E-state index contributed by atoms with van der Waals surface area (Å²) < 4.78 is 0. The maximum atomic E-state index is 6.06. The third-order valence-corrected chi connectivity index (χ3v) is 3.62. The highest BCUT2D eigenvalue weighted by molar-refractivity contribution is 5.78. The van der Waals surface area contributed by atoms with Crippen molar-refractivity contribution in [3.05, 3.63) is 0 Å². The van der Waals surface area contributed by atoms with Gasteiger partial charge in [0.25, 0.3) is 0 Å². The Morgan fingerprint density at radius 3 is 1.89 bits per heavy atom. The van der Waals surface area contributed by atoms with E-state index in [0.717, 1.165) is 32.7 Å². The van der Waals surface area contributed by atoms with Crippen LogP contribution < -0.4 is 5.73 Å². The van der Waals surface area contributed by atoms with Crippen LogP contribution in [0.15, 0.2) is 4.99 Å². The summed E-state index contributed by atoms with van der Waals surface area (Å²) in [5.41, 5.74) is 6.06. The van der Waals surface area contributed by atoms with Crippen LogP contribution in [0.1, 0.15) is 48.0 Å². The number of hydrogen-bond donors (Lipinski definition) is 1. The van der Waals surface area contributed by atoms with E-state index in [0.29, 0.717) is 17.9 Å². The van der Waals surface area contributed by atoms with Crippen LogP contribution in [0.5, 0.6) is 0 Å². The molecule has 0 aliphatic carbocycles. The largest absolute Gasteiger partial charge is 0.370 e. The molecule has 0 saturated carbocycles. The van der Waals surface area contributed by atoms with Crippen LogP contribution in [0.4, 0.5) is 0 Å². The van der Waals surface area contributed by atoms with Gasteiger partial charge in [-0.15, -0.1) is 0 Å². The molecule has 0 spiro atoms. The molecule has 2 N–H and O–H groups in total. The molecule has 0 rings (SSSR count). The van der Waals surface area contributed by atoms with Gasteiger partial charge < -0.3 is 10.6 Å². The molecule has 4 nitrogen and oxygen atoms in total. The van der Waals surface area contributed by atoms with Crippen LogP contribution in [0.3, 0.4) is 0 Å². The second kappa shape index (κ2) is 10.1. The monoisotopic (exact) mass is 270 g/mol. The maximum Gasteiger partial charge on any atom is 0.191 e. The SMILES string of the molecule is CCN(CC)C(N)=NCC(CC(C)C)N(CC)CC. The number of rotatable bonds is 9. The fraction of sp³-hybridized carbons (Fsp3) is 0.933. The summed E-state index contributed by atoms with van der Waals surface area (Å²) in [4.78, 5) is 9.21. The standard InChI is InChI=1S/C15H34N4/c1-7-18(8-2)14(11-13(5)6)12-17-15(16)19(9-3)10-4/h13-14H,7-12H2,1-6H3,(H2,16,17). The molecule has 0 aliphatic rings. The Bertz CT molecular complexity index is 243. The lowest BCUT2D eigenvalue weighted by Gasteiger charge is -2.30. The van der Waals surface area contributed by atoms with E-state index in [9.17, 15) is 0 Å². The number of aliphatic imine (C=N–C) groups is 1. The number of guanidine groups is 1. The fourth-order valence-electron chi connectivity index (χ4n) is 2.47. The highest BCUT2D eigenvalue weighted by atomic mass is 15.3. The molecule has 0 heterocycles. The highest BCUT2D eigenvalue weighted by Crippen LogP contribution is 2.12. The van der Waals surface area contributed by atoms with Crippen LogP contribution in [0, 0.1) is 5.92 Å². The van der Waals surface area contributed by atoms with E-state index in [2.05, 4.69) is 56.3 Å². The topological polar surface area (TPSA) is 44.9 Å². The molecule has 19 heavy (non-hydrogen) atoms. The summed E-state index contributed by atoms with van der Waals surface area (Å²) in [6, 6.07) is 0.504. The van der Waals surface area contributed by atoms with Gasteiger partial charge in [0.15, 0.2) is 5.96 Å². The third-order valence-electron chi connectivity index (χ3n) is 3.62. The van der Waals surface area contributed by atoms with Crippen molar-refractivity contribution in [2.45, 2.75) is 54.0 Å². The zero-order chi connectivity index (χ0) is 14.8. The van der Waals surface area contributed by atoms with Gasteiger partial charge in [-0.3, -0.25) is 9.89 Å². The van der Waals surface area contributed by atoms with E-state index in [-0.39, 0.29) is 0 Å². The zero-order valence-electron chi connectivity index (χ0n) is 13.8. The summed E-state index contributed by atoms with van der Waals surface area (Å²) in [7, 11) is 0. The van der Waals surface area contributed by atoms with E-state index >= 15 is 0 Å². The molecule has 0 fully saturated rings. The number of nitrogens with zero attached hydrogens (tertiary/aromatic N) is 3. The minimum Gasteiger partial charge on any atom is -0.370 e. The first-order chi connectivity index (χ1) is 8.99. The molecular weight excluding hydrogens is 236 g/mol. The molecule has 0 aromatic rings. The minimum atomic E-state index is 0.504. The smallest absolute Gasteiger partial charge is 0.191 e. The molecule has 0 saturated heterocycles. The lowest BCUT2D eigenvalue weighted by atomic mass is 10.0. The predicted molar refractivity (Wildman–Crippen MR) is 85.6 cm³/mol. The predicted octanol–water partition coefficient (Wildman–Crippen LogP) is 2.40. The molecule has 0 aliphatic heterocycles. The zero-order valence-corrected chi connectivity index (χ0v) is 13.8. The van der Waals surface area contributed by atoms with Crippen molar-refractivity contribution in [2.75, 3.05) is 32.7 Å². The van der Waals surface area contributed by atoms with Crippen LogP contribution in [0.2, 0.25) is 0 Å². The number of nitrogens with two attached hydrogens (primary N) is 1. The van der Waals surface area contributed by atoms with E-state index in [1.165, 1.54) is 6.42 Å². The third kappa shape index (κ3) is 6.81. The van der Waals surface area contributed by atoms with Crippen molar-refractivity contribution in [2.24, 2.45) is 16.6 Å². The Morgan fingerprint density at radius 2 is 1.53 bits per heavy atom. The maximum absolute atomic E-state index is 6.06. The van der Waals surface area contributed by atoms with Gasteiger partial charge in [-0.2, -0.15) is 0 Å². The molecule has 4 heteroatoms. The second-order valence-electron chi connectivity index (χ2n) is 5.38. The van der Waals surface area contributed by atoms with Gasteiger partial charge in [-0.05, 0) is 39.3 Å². The Balaban J connectivity index is 4.67. The fourth-order valence-corrected chi connectivity index (χ4v) is 2.47. The highest BCUT2D eigenvalue weighted by Gasteiger charge is 2.17. The second-order valence-corrected chi connectivity index (χ2v) is 5.38. The lowest BCUT2D eigenvalue weighted by molar-refractivity contribution is 0.196. The van der Waals surface area contributed by atoms with E-state index in [1.807, 2.05) is 0 Å². The van der Waals surface area contributed by atoms with Crippen LogP contribution in [-0.2, 0) is 0 Å². The van der Waals surface area contributed by atoms with E-state index in [1.54, 1.807) is 0 Å². The molecule has 0 amide bonds. The average Bonchev–Trinajstić information content (AvgIpc) is 2.38. The van der Waals surface area contributed by atoms with Crippen molar-refractivity contribution >= 4 is 5.96 Å². The van der Waals surface area contributed by atoms with Gasteiger partial charge in [-0.25, -0.2) is 0 Å². The van der Waals surface area contributed by atoms with Gasteiger partial charge in [0, 0.05) is 19.1 Å². The van der Waals surface area contributed by atoms with Crippen molar-refractivity contribution in [1.82, 2.24) is 9.80 Å². The molecule has 0 aromatic carbocycles. The van der Waals surface area contributed by atoms with Crippen molar-refractivity contribution in [3.63, 3.8) is 0 Å². The number of hydrogen-bond acceptors (Lipinski definition) is 2. The van der Waals surface area contributed by atoms with Gasteiger partial charge in [-0.1, -0.05) is 27.7 Å².